The number of pyridine rings is 1. The summed E-state index contributed by atoms with van der Waals surface area (Å²) in [6.45, 7) is 0. The van der Waals surface area contributed by atoms with Crippen molar-refractivity contribution in [1.29, 1.82) is 0 Å². The maximum atomic E-state index is 12.6. The van der Waals surface area contributed by atoms with Crippen molar-refractivity contribution in [1.82, 2.24) is 4.98 Å². The molecule has 8 nitrogen and oxygen atoms in total. The van der Waals surface area contributed by atoms with Crippen LogP contribution in [-0.4, -0.2) is 27.8 Å². The van der Waals surface area contributed by atoms with Crippen LogP contribution < -0.4 is 10.9 Å². The van der Waals surface area contributed by atoms with E-state index in [0.717, 1.165) is 0 Å². The van der Waals surface area contributed by atoms with E-state index in [4.69, 9.17) is 9.52 Å². The number of Topliss-reactive ketones (excluding diaryl/α,β-unsaturated/α-hetero) is 1. The van der Waals surface area contributed by atoms with Gasteiger partial charge in [-0.2, -0.15) is 0 Å². The van der Waals surface area contributed by atoms with Gasteiger partial charge < -0.3 is 19.8 Å². The highest BCUT2D eigenvalue weighted by atomic mass is 16.4. The van der Waals surface area contributed by atoms with E-state index >= 15 is 0 Å². The molecule has 1 atom stereocenters. The summed E-state index contributed by atoms with van der Waals surface area (Å²) in [6.07, 6.45) is 2.09. The van der Waals surface area contributed by atoms with Crippen LogP contribution in [0.2, 0.25) is 0 Å². The predicted molar refractivity (Wildman–Crippen MR) is 107 cm³/mol. The average Bonchev–Trinajstić information content (AvgIpc) is 3.23. The molecule has 1 unspecified atom stereocenters. The van der Waals surface area contributed by atoms with Crippen LogP contribution in [0.4, 0.5) is 5.69 Å². The van der Waals surface area contributed by atoms with Crippen molar-refractivity contribution in [2.45, 2.75) is 25.2 Å². The number of carboxylic acid groups (broad SMARTS) is 1. The van der Waals surface area contributed by atoms with Gasteiger partial charge in [0, 0.05) is 29.3 Å². The Balaban J connectivity index is 1.55. The summed E-state index contributed by atoms with van der Waals surface area (Å²) in [6, 6.07) is 11.2. The van der Waals surface area contributed by atoms with Gasteiger partial charge >= 0.3 is 5.97 Å². The molecule has 3 N–H and O–H groups in total. The number of aromatic nitrogens is 1. The molecule has 4 rings (SSSR count). The average molecular weight is 406 g/mol. The van der Waals surface area contributed by atoms with Gasteiger partial charge in [0.05, 0.1) is 12.7 Å². The number of hydrogen-bond acceptors (Lipinski definition) is 5. The van der Waals surface area contributed by atoms with Crippen molar-refractivity contribution in [3.63, 3.8) is 0 Å². The van der Waals surface area contributed by atoms with E-state index in [1.165, 1.54) is 6.07 Å². The molecule has 2 heterocycles. The molecule has 1 aliphatic carbocycles. The van der Waals surface area contributed by atoms with Crippen LogP contribution in [0.5, 0.6) is 0 Å². The summed E-state index contributed by atoms with van der Waals surface area (Å²) >= 11 is 0. The molecular weight excluding hydrogens is 388 g/mol. The van der Waals surface area contributed by atoms with Crippen LogP contribution in [0.25, 0.3) is 0 Å². The number of amides is 1. The number of carbonyl (C=O) groups is 3. The maximum Gasteiger partial charge on any atom is 0.307 e. The van der Waals surface area contributed by atoms with E-state index < -0.39 is 17.4 Å². The largest absolute Gasteiger partial charge is 0.481 e. The summed E-state index contributed by atoms with van der Waals surface area (Å²) in [5.41, 5.74) is 1.08. The van der Waals surface area contributed by atoms with E-state index in [-0.39, 0.29) is 30.1 Å². The third kappa shape index (κ3) is 3.93. The molecule has 0 aliphatic heterocycles. The highest BCUT2D eigenvalue weighted by Crippen LogP contribution is 2.31. The van der Waals surface area contributed by atoms with Gasteiger partial charge in [-0.3, -0.25) is 19.2 Å². The van der Waals surface area contributed by atoms with Gasteiger partial charge in [-0.25, -0.2) is 0 Å². The van der Waals surface area contributed by atoms with Crippen LogP contribution >= 0.6 is 0 Å². The van der Waals surface area contributed by atoms with Crippen LogP contribution in [0.15, 0.2) is 57.9 Å². The number of H-pyrrole nitrogens is 1. The number of aromatic amines is 1. The van der Waals surface area contributed by atoms with Gasteiger partial charge in [0.1, 0.15) is 11.3 Å². The van der Waals surface area contributed by atoms with Crippen molar-refractivity contribution >= 4 is 23.3 Å². The Kier molecular flexibility index (Phi) is 5.05. The van der Waals surface area contributed by atoms with Crippen molar-refractivity contribution in [3.05, 3.63) is 87.2 Å². The van der Waals surface area contributed by atoms with Crippen molar-refractivity contribution in [3.8, 4) is 0 Å². The molecule has 0 saturated carbocycles. The first-order chi connectivity index (χ1) is 14.4. The molecule has 3 aromatic rings. The van der Waals surface area contributed by atoms with Gasteiger partial charge in [0.2, 0.25) is 0 Å². The van der Waals surface area contributed by atoms with Crippen molar-refractivity contribution in [2.75, 3.05) is 5.32 Å². The molecule has 1 amide bonds. The number of benzene rings is 1. The Morgan fingerprint density at radius 1 is 1.13 bits per heavy atom. The lowest BCUT2D eigenvalue weighted by atomic mass is 9.84. The fourth-order valence-corrected chi connectivity index (χ4v) is 3.60. The molecule has 8 heteroatoms. The highest BCUT2D eigenvalue weighted by Gasteiger charge is 2.30. The Morgan fingerprint density at radius 3 is 2.57 bits per heavy atom. The molecule has 30 heavy (non-hydrogen) atoms. The Bertz CT molecular complexity index is 1180. The summed E-state index contributed by atoms with van der Waals surface area (Å²) in [4.78, 5) is 51.1. The van der Waals surface area contributed by atoms with Gasteiger partial charge in [-0.1, -0.05) is 12.1 Å². The van der Waals surface area contributed by atoms with Crippen molar-refractivity contribution < 1.29 is 23.9 Å². The first-order valence-corrected chi connectivity index (χ1v) is 9.35. The van der Waals surface area contributed by atoms with Crippen LogP contribution in [0, 0.1) is 0 Å². The first-order valence-electron chi connectivity index (χ1n) is 9.35. The molecule has 1 aliphatic rings. The second-order valence-electron chi connectivity index (χ2n) is 7.17. The molecule has 0 bridgehead atoms. The number of fused-ring (bicyclic) bond motifs is 1. The van der Waals surface area contributed by atoms with Crippen molar-refractivity contribution in [2.24, 2.45) is 0 Å². The third-order valence-electron chi connectivity index (χ3n) is 5.06. The van der Waals surface area contributed by atoms with E-state index in [0.29, 0.717) is 34.7 Å². The number of furan rings is 1. The zero-order chi connectivity index (χ0) is 21.3. The minimum absolute atomic E-state index is 0.125. The summed E-state index contributed by atoms with van der Waals surface area (Å²) in [5, 5.41) is 11.4. The normalized spacial score (nSPS) is 15.5. The fraction of sp³-hybridized carbons (Fsp3) is 0.182. The van der Waals surface area contributed by atoms with E-state index in [1.54, 1.807) is 42.7 Å². The lowest BCUT2D eigenvalue weighted by molar-refractivity contribution is -0.136. The van der Waals surface area contributed by atoms with Gasteiger partial charge in [-0.15, -0.1) is 0 Å². The molecule has 0 radical (unpaired) electrons. The molecule has 0 spiro atoms. The zero-order valence-electron chi connectivity index (χ0n) is 15.8. The molecule has 0 fully saturated rings. The number of carbonyl (C=O) groups excluding carboxylic acids is 2. The number of aliphatic carboxylic acids is 1. The molecule has 1 aromatic carbocycles. The number of rotatable bonds is 5. The standard InChI is InChI=1S/C22H18N2O6/c25-18-10-13(19-2-1-7-30-19)9-17-15(18)11-16(22(29)24-17)21(28)23-14-5-3-12(4-6-14)8-20(26)27/h1-7,11,13H,8-10H2,(H,23,28)(H,24,29)(H,26,27). The van der Waals surface area contributed by atoms with Gasteiger partial charge in [0.15, 0.2) is 5.78 Å². The topological polar surface area (TPSA) is 129 Å². The molecule has 0 saturated heterocycles. The second kappa shape index (κ2) is 7.82. The fourth-order valence-electron chi connectivity index (χ4n) is 3.60. The Labute approximate surface area is 170 Å². The number of nitrogens with one attached hydrogen (secondary N) is 2. The Morgan fingerprint density at radius 2 is 1.90 bits per heavy atom. The second-order valence-corrected chi connectivity index (χ2v) is 7.17. The smallest absolute Gasteiger partial charge is 0.307 e. The third-order valence-corrected chi connectivity index (χ3v) is 5.06. The van der Waals surface area contributed by atoms with E-state index in [1.807, 2.05) is 0 Å². The quantitative estimate of drug-likeness (QED) is 0.597. The highest BCUT2D eigenvalue weighted by molar-refractivity contribution is 6.06. The van der Waals surface area contributed by atoms with Crippen LogP contribution in [-0.2, 0) is 17.6 Å². The number of hydrogen-bond donors (Lipinski definition) is 3. The molecule has 2 aromatic heterocycles. The summed E-state index contributed by atoms with van der Waals surface area (Å²) < 4.78 is 5.38. The summed E-state index contributed by atoms with van der Waals surface area (Å²) in [7, 11) is 0. The minimum atomic E-state index is -0.952. The van der Waals surface area contributed by atoms with Gasteiger partial charge in [0.25, 0.3) is 11.5 Å². The van der Waals surface area contributed by atoms with E-state index in [2.05, 4.69) is 10.3 Å². The number of ketones is 1. The van der Waals surface area contributed by atoms with Crippen LogP contribution in [0.1, 0.15) is 50.1 Å². The lowest BCUT2D eigenvalue weighted by Gasteiger charge is -2.22. The first kappa shape index (κ1) is 19.4. The predicted octanol–water partition coefficient (Wildman–Crippen LogP) is 2.76. The molecule has 152 valence electrons. The van der Waals surface area contributed by atoms with Gasteiger partial charge in [-0.05, 0) is 42.3 Å². The SMILES string of the molecule is O=C(O)Cc1ccc(NC(=O)c2cc3c([nH]c2=O)CC(c2ccco2)CC3=O)cc1. The monoisotopic (exact) mass is 406 g/mol. The lowest BCUT2D eigenvalue weighted by Crippen LogP contribution is -2.29. The number of anilines is 1. The van der Waals surface area contributed by atoms with E-state index in [9.17, 15) is 19.2 Å². The number of carboxylic acids is 1. The zero-order valence-corrected chi connectivity index (χ0v) is 15.8. The Hall–Kier alpha value is -3.94. The van der Waals surface area contributed by atoms with Crippen LogP contribution in [0.3, 0.4) is 0 Å². The summed E-state index contributed by atoms with van der Waals surface area (Å²) in [5.74, 6) is -1.24. The maximum absolute atomic E-state index is 12.6. The molecular formula is C22H18N2O6. The minimum Gasteiger partial charge on any atom is -0.481 e.